The molecule has 14 heavy (non-hydrogen) atoms. The van der Waals surface area contributed by atoms with E-state index in [-0.39, 0.29) is 0 Å². The number of aliphatic carboxylic acids is 1. The van der Waals surface area contributed by atoms with Crippen molar-refractivity contribution in [1.82, 2.24) is 0 Å². The fraction of sp³-hybridized carbons (Fsp3) is 0.571. The molecular formula is C7H7F3O4. The van der Waals surface area contributed by atoms with Crippen molar-refractivity contribution in [2.75, 3.05) is 0 Å². The molecule has 0 atom stereocenters. The SMILES string of the molecule is CC(C)(C(=O)C(=O)O)C(=O)C(F)(F)F. The molecule has 0 aliphatic carbocycles. The van der Waals surface area contributed by atoms with E-state index in [1.165, 1.54) is 0 Å². The fourth-order valence-electron chi connectivity index (χ4n) is 0.725. The molecule has 0 bridgehead atoms. The van der Waals surface area contributed by atoms with Crippen molar-refractivity contribution in [3.63, 3.8) is 0 Å². The number of Topliss-reactive ketones (excluding diaryl/α,β-unsaturated/α-hetero) is 2. The molecule has 0 amide bonds. The van der Waals surface area contributed by atoms with Crippen molar-refractivity contribution < 1.29 is 32.7 Å². The molecule has 0 rings (SSSR count). The summed E-state index contributed by atoms with van der Waals surface area (Å²) in [7, 11) is 0. The topological polar surface area (TPSA) is 71.4 Å². The van der Waals surface area contributed by atoms with E-state index in [0.29, 0.717) is 13.8 Å². The number of ketones is 2. The number of alkyl halides is 3. The minimum absolute atomic E-state index is 0.624. The van der Waals surface area contributed by atoms with Crippen LogP contribution in [0.15, 0.2) is 0 Å². The molecule has 4 nitrogen and oxygen atoms in total. The summed E-state index contributed by atoms with van der Waals surface area (Å²) in [6, 6.07) is 0. The number of rotatable bonds is 3. The van der Waals surface area contributed by atoms with Crippen LogP contribution in [0.2, 0.25) is 0 Å². The Morgan fingerprint density at radius 3 is 1.64 bits per heavy atom. The number of hydrogen-bond donors (Lipinski definition) is 1. The van der Waals surface area contributed by atoms with Gasteiger partial charge in [0, 0.05) is 0 Å². The molecule has 0 aliphatic heterocycles. The number of carbonyl (C=O) groups excluding carboxylic acids is 2. The van der Waals surface area contributed by atoms with Gasteiger partial charge in [-0.1, -0.05) is 0 Å². The lowest BCUT2D eigenvalue weighted by molar-refractivity contribution is -0.183. The van der Waals surface area contributed by atoms with E-state index in [9.17, 15) is 27.6 Å². The third kappa shape index (κ3) is 2.30. The predicted octanol–water partition coefficient (Wildman–Crippen LogP) is 0.798. The highest BCUT2D eigenvalue weighted by Crippen LogP contribution is 2.29. The van der Waals surface area contributed by atoms with E-state index in [1.807, 2.05) is 0 Å². The lowest BCUT2D eigenvalue weighted by Crippen LogP contribution is -2.45. The molecule has 0 saturated carbocycles. The molecule has 0 aromatic carbocycles. The van der Waals surface area contributed by atoms with Crippen molar-refractivity contribution in [3.8, 4) is 0 Å². The molecule has 0 aromatic rings. The standard InChI is InChI=1S/C7H7F3O4/c1-6(2,3(11)4(12)13)5(14)7(8,9)10/h1-2H3,(H,12,13). The number of carboxylic acid groups (broad SMARTS) is 1. The van der Waals surface area contributed by atoms with Crippen molar-refractivity contribution in [2.45, 2.75) is 20.0 Å². The van der Waals surface area contributed by atoms with Crippen molar-refractivity contribution in [1.29, 1.82) is 0 Å². The molecule has 0 unspecified atom stereocenters. The summed E-state index contributed by atoms with van der Waals surface area (Å²) in [6.45, 7) is 1.25. The van der Waals surface area contributed by atoms with Gasteiger partial charge >= 0.3 is 12.1 Å². The van der Waals surface area contributed by atoms with Crippen molar-refractivity contribution in [3.05, 3.63) is 0 Å². The zero-order valence-electron chi connectivity index (χ0n) is 7.31. The lowest BCUT2D eigenvalue weighted by Gasteiger charge is -2.20. The van der Waals surface area contributed by atoms with Crippen LogP contribution in [0.5, 0.6) is 0 Å². The molecule has 0 spiro atoms. The van der Waals surface area contributed by atoms with Gasteiger partial charge < -0.3 is 5.11 Å². The molecule has 0 radical (unpaired) electrons. The maximum Gasteiger partial charge on any atom is 0.451 e. The van der Waals surface area contributed by atoms with Gasteiger partial charge in [-0.2, -0.15) is 13.2 Å². The van der Waals surface area contributed by atoms with Gasteiger partial charge in [-0.3, -0.25) is 9.59 Å². The fourth-order valence-corrected chi connectivity index (χ4v) is 0.725. The van der Waals surface area contributed by atoms with Gasteiger partial charge in [0.15, 0.2) is 0 Å². The largest absolute Gasteiger partial charge is 0.475 e. The van der Waals surface area contributed by atoms with Crippen LogP contribution < -0.4 is 0 Å². The molecule has 0 aliphatic rings. The second-order valence-electron chi connectivity index (χ2n) is 3.09. The minimum atomic E-state index is -5.21. The van der Waals surface area contributed by atoms with Gasteiger partial charge in [0.25, 0.3) is 5.78 Å². The molecule has 0 aromatic heterocycles. The molecular weight excluding hydrogens is 205 g/mol. The van der Waals surface area contributed by atoms with Gasteiger partial charge in [0.2, 0.25) is 5.78 Å². The molecule has 7 heteroatoms. The quantitative estimate of drug-likeness (QED) is 0.554. The van der Waals surface area contributed by atoms with Crippen LogP contribution in [-0.2, 0) is 14.4 Å². The van der Waals surface area contributed by atoms with Crippen LogP contribution in [0.1, 0.15) is 13.8 Å². The molecule has 0 fully saturated rings. The first-order valence-electron chi connectivity index (χ1n) is 3.40. The Morgan fingerprint density at radius 2 is 1.43 bits per heavy atom. The second kappa shape index (κ2) is 3.39. The number of carboxylic acids is 1. The number of carbonyl (C=O) groups is 3. The van der Waals surface area contributed by atoms with Crippen molar-refractivity contribution >= 4 is 17.5 Å². The Labute approximate surface area is 76.7 Å². The molecule has 0 saturated heterocycles. The van der Waals surface area contributed by atoms with Gasteiger partial charge in [-0.05, 0) is 13.8 Å². The van der Waals surface area contributed by atoms with Gasteiger partial charge in [0.1, 0.15) is 5.41 Å². The van der Waals surface area contributed by atoms with Gasteiger partial charge in [0.05, 0.1) is 0 Å². The Balaban J connectivity index is 5.08. The highest BCUT2D eigenvalue weighted by molar-refractivity contribution is 6.39. The minimum Gasteiger partial charge on any atom is -0.475 e. The second-order valence-corrected chi connectivity index (χ2v) is 3.09. The lowest BCUT2D eigenvalue weighted by atomic mass is 9.83. The maximum atomic E-state index is 11.9. The Hall–Kier alpha value is -1.40. The van der Waals surface area contributed by atoms with E-state index < -0.39 is 29.1 Å². The monoisotopic (exact) mass is 212 g/mol. The van der Waals surface area contributed by atoms with E-state index >= 15 is 0 Å². The van der Waals surface area contributed by atoms with E-state index in [1.54, 1.807) is 0 Å². The summed E-state index contributed by atoms with van der Waals surface area (Å²) in [4.78, 5) is 31.5. The summed E-state index contributed by atoms with van der Waals surface area (Å²) in [6.07, 6.45) is -5.21. The molecule has 1 N–H and O–H groups in total. The predicted molar refractivity (Wildman–Crippen MR) is 37.5 cm³/mol. The summed E-state index contributed by atoms with van der Waals surface area (Å²) in [5.41, 5.74) is -2.58. The smallest absolute Gasteiger partial charge is 0.451 e. The van der Waals surface area contributed by atoms with Crippen LogP contribution in [0.4, 0.5) is 13.2 Å². The highest BCUT2D eigenvalue weighted by atomic mass is 19.4. The van der Waals surface area contributed by atoms with Crippen LogP contribution in [0, 0.1) is 5.41 Å². The zero-order chi connectivity index (χ0) is 11.7. The van der Waals surface area contributed by atoms with Gasteiger partial charge in [-0.15, -0.1) is 0 Å². The average molecular weight is 212 g/mol. The Morgan fingerprint density at radius 1 is 1.07 bits per heavy atom. The number of hydrogen-bond acceptors (Lipinski definition) is 3. The summed E-state index contributed by atoms with van der Waals surface area (Å²) in [5.74, 6) is -6.20. The van der Waals surface area contributed by atoms with Crippen LogP contribution in [0.25, 0.3) is 0 Å². The Kier molecular flexibility index (Phi) is 3.05. The Bertz CT molecular complexity index is 290. The first kappa shape index (κ1) is 12.6. The third-order valence-corrected chi connectivity index (χ3v) is 1.59. The molecule has 0 heterocycles. The van der Waals surface area contributed by atoms with E-state index in [0.717, 1.165) is 0 Å². The van der Waals surface area contributed by atoms with Crippen molar-refractivity contribution in [2.24, 2.45) is 5.41 Å². The normalized spacial score (nSPS) is 12.4. The number of halogens is 3. The summed E-state index contributed by atoms with van der Waals surface area (Å²) < 4.78 is 35.6. The molecule has 80 valence electrons. The van der Waals surface area contributed by atoms with Crippen LogP contribution in [0.3, 0.4) is 0 Å². The average Bonchev–Trinajstić information content (AvgIpc) is 1.99. The van der Waals surface area contributed by atoms with Crippen LogP contribution in [-0.4, -0.2) is 28.8 Å². The zero-order valence-corrected chi connectivity index (χ0v) is 7.31. The highest BCUT2D eigenvalue weighted by Gasteiger charge is 2.53. The maximum absolute atomic E-state index is 11.9. The van der Waals surface area contributed by atoms with E-state index in [4.69, 9.17) is 5.11 Å². The summed E-state index contributed by atoms with van der Waals surface area (Å²) in [5, 5.41) is 8.16. The van der Waals surface area contributed by atoms with Gasteiger partial charge in [-0.25, -0.2) is 4.79 Å². The third-order valence-electron chi connectivity index (χ3n) is 1.59. The first-order chi connectivity index (χ1) is 6.01. The summed E-state index contributed by atoms with van der Waals surface area (Å²) >= 11 is 0. The van der Waals surface area contributed by atoms with E-state index in [2.05, 4.69) is 0 Å². The first-order valence-corrected chi connectivity index (χ1v) is 3.40. The van der Waals surface area contributed by atoms with Crippen LogP contribution >= 0.6 is 0 Å².